The Morgan fingerprint density at radius 3 is 1.79 bits per heavy atom. The third-order valence-corrected chi connectivity index (χ3v) is 4.36. The van der Waals surface area contributed by atoms with Crippen molar-refractivity contribution in [1.82, 2.24) is 0 Å². The molecule has 0 aliphatic carbocycles. The summed E-state index contributed by atoms with van der Waals surface area (Å²) in [4.78, 5) is 0. The maximum Gasteiger partial charge on any atom is 0.320 e. The molecule has 0 spiro atoms. The van der Waals surface area contributed by atoms with Crippen LogP contribution in [0, 0.1) is 0 Å². The van der Waals surface area contributed by atoms with Crippen LogP contribution in [0.15, 0.2) is 0 Å². The van der Waals surface area contributed by atoms with Crippen LogP contribution in [0.5, 0.6) is 0 Å². The lowest BCUT2D eigenvalue weighted by Gasteiger charge is -2.04. The molecule has 86 valence electrons. The molecule has 0 saturated carbocycles. The highest BCUT2D eigenvalue weighted by Gasteiger charge is 1.98. The monoisotopic (exact) mass is 258 g/mol. The summed E-state index contributed by atoms with van der Waals surface area (Å²) in [5, 5.41) is 0. The Morgan fingerprint density at radius 1 is 1.00 bits per heavy atom. The first kappa shape index (κ1) is 14.8. The zero-order chi connectivity index (χ0) is 10.6. The summed E-state index contributed by atoms with van der Waals surface area (Å²) in [6.45, 7) is 4.21. The van der Waals surface area contributed by atoms with E-state index in [1.807, 2.05) is 0 Å². The highest BCUT2D eigenvalue weighted by Crippen LogP contribution is 2.27. The van der Waals surface area contributed by atoms with Crippen molar-refractivity contribution in [2.45, 2.75) is 26.7 Å². The van der Waals surface area contributed by atoms with E-state index in [1.54, 1.807) is 23.5 Å². The van der Waals surface area contributed by atoms with Gasteiger partial charge in [-0.05, 0) is 24.3 Å². The van der Waals surface area contributed by atoms with E-state index in [9.17, 15) is 4.57 Å². The Morgan fingerprint density at radius 2 is 1.43 bits per heavy atom. The third-order valence-electron chi connectivity index (χ3n) is 1.22. The molecule has 0 radical (unpaired) electrons. The van der Waals surface area contributed by atoms with Gasteiger partial charge in [0.15, 0.2) is 0 Å². The van der Waals surface area contributed by atoms with Crippen LogP contribution >= 0.6 is 31.8 Å². The number of hydrogen-bond donors (Lipinski definition) is 0. The van der Waals surface area contributed by atoms with E-state index in [-0.39, 0.29) is 0 Å². The number of thioether (sulfide) groups is 2. The van der Waals surface area contributed by atoms with E-state index in [0.29, 0.717) is 11.9 Å². The molecule has 0 aromatic heterocycles. The zero-order valence-electron chi connectivity index (χ0n) is 8.78. The van der Waals surface area contributed by atoms with Gasteiger partial charge in [0.1, 0.15) is 11.9 Å². The first-order valence-corrected chi connectivity index (χ1v) is 8.29. The molecule has 0 aliphatic rings. The average Bonchev–Trinajstić information content (AvgIpc) is 2.19. The average molecular weight is 258 g/mol. The molecule has 0 atom stereocenters. The molecule has 6 heteroatoms. The van der Waals surface area contributed by atoms with Crippen LogP contribution in [0.1, 0.15) is 26.7 Å². The summed E-state index contributed by atoms with van der Waals surface area (Å²) in [5.74, 6) is 3.04. The number of rotatable bonds is 10. The minimum Gasteiger partial charge on any atom is -0.300 e. The van der Waals surface area contributed by atoms with Gasteiger partial charge in [-0.15, -0.1) is 23.5 Å². The van der Waals surface area contributed by atoms with E-state index >= 15 is 0 Å². The molecule has 0 rings (SSSR count). The van der Waals surface area contributed by atoms with Gasteiger partial charge in [-0.3, -0.25) is 13.6 Å². The topological polar surface area (TPSA) is 35.5 Å². The Hall–Kier alpha value is 0.850. The molecule has 0 saturated heterocycles. The molecule has 0 amide bonds. The van der Waals surface area contributed by atoms with Crippen molar-refractivity contribution < 1.29 is 13.6 Å². The summed E-state index contributed by atoms with van der Waals surface area (Å²) in [6, 6.07) is 0. The second-order valence-electron chi connectivity index (χ2n) is 2.59. The quantitative estimate of drug-likeness (QED) is 0.340. The molecular formula is C8H19O3PS2. The molecule has 0 aromatic carbocycles. The summed E-state index contributed by atoms with van der Waals surface area (Å²) < 4.78 is 21.1. The van der Waals surface area contributed by atoms with Gasteiger partial charge in [-0.25, -0.2) is 0 Å². The van der Waals surface area contributed by atoms with Crippen LogP contribution in [0.3, 0.4) is 0 Å². The van der Waals surface area contributed by atoms with Crippen LogP contribution in [0.25, 0.3) is 0 Å². The van der Waals surface area contributed by atoms with Crippen molar-refractivity contribution in [1.29, 1.82) is 0 Å². The fraction of sp³-hybridized carbons (Fsp3) is 1.00. The molecule has 0 fully saturated rings. The van der Waals surface area contributed by atoms with Crippen molar-refractivity contribution in [3.8, 4) is 0 Å². The normalized spacial score (nSPS) is 11.1. The highest BCUT2D eigenvalue weighted by atomic mass is 32.2. The molecule has 0 bridgehead atoms. The molecule has 0 heterocycles. The predicted octanol–water partition coefficient (Wildman–Crippen LogP) is 3.61. The van der Waals surface area contributed by atoms with Crippen molar-refractivity contribution in [3.63, 3.8) is 0 Å². The van der Waals surface area contributed by atoms with Crippen LogP contribution in [0.2, 0.25) is 0 Å². The smallest absolute Gasteiger partial charge is 0.300 e. The first-order chi connectivity index (χ1) is 6.81. The van der Waals surface area contributed by atoms with Gasteiger partial charge in [-0.2, -0.15) is 0 Å². The maximum absolute atomic E-state index is 11.1. The molecular weight excluding hydrogens is 239 g/mol. The Kier molecular flexibility index (Phi) is 12.6. The lowest BCUT2D eigenvalue weighted by atomic mass is 10.6. The van der Waals surface area contributed by atoms with Crippen molar-refractivity contribution in [2.75, 3.05) is 23.4 Å². The van der Waals surface area contributed by atoms with Crippen molar-refractivity contribution in [3.05, 3.63) is 0 Å². The molecule has 3 nitrogen and oxygen atoms in total. The lowest BCUT2D eigenvalue weighted by Crippen LogP contribution is -1.87. The Balaban J connectivity index is 3.11. The van der Waals surface area contributed by atoms with Gasteiger partial charge in [0, 0.05) is 0 Å². The summed E-state index contributed by atoms with van der Waals surface area (Å²) in [5.41, 5.74) is 0. The second-order valence-corrected chi connectivity index (χ2v) is 5.77. The van der Waals surface area contributed by atoms with E-state index in [4.69, 9.17) is 9.05 Å². The second kappa shape index (κ2) is 11.9. The van der Waals surface area contributed by atoms with E-state index < -0.39 is 8.25 Å². The maximum atomic E-state index is 11.1. The van der Waals surface area contributed by atoms with Crippen molar-refractivity contribution >= 4 is 31.8 Å². The minimum atomic E-state index is -2.24. The standard InChI is InChI=1S/C8H19O3PS2/c1-3-5-13-7-10-12(9)11-8-14-6-4-2/h12H,3-8H2,1-2H3. The van der Waals surface area contributed by atoms with Gasteiger partial charge >= 0.3 is 8.25 Å². The lowest BCUT2D eigenvalue weighted by molar-refractivity contribution is 0.285. The van der Waals surface area contributed by atoms with Gasteiger partial charge in [-0.1, -0.05) is 13.8 Å². The van der Waals surface area contributed by atoms with E-state index in [1.165, 1.54) is 0 Å². The first-order valence-electron chi connectivity index (χ1n) is 4.76. The molecule has 0 aliphatic heterocycles. The van der Waals surface area contributed by atoms with E-state index in [2.05, 4.69) is 13.8 Å². The fourth-order valence-corrected chi connectivity index (χ4v) is 2.96. The minimum absolute atomic E-state index is 0.476. The molecule has 0 unspecified atom stereocenters. The summed E-state index contributed by atoms with van der Waals surface area (Å²) in [6.07, 6.45) is 2.23. The van der Waals surface area contributed by atoms with Crippen LogP contribution < -0.4 is 0 Å². The zero-order valence-corrected chi connectivity index (χ0v) is 11.4. The Bertz CT molecular complexity index is 133. The fourth-order valence-electron chi connectivity index (χ4n) is 0.628. The summed E-state index contributed by atoms with van der Waals surface area (Å²) in [7, 11) is -2.24. The van der Waals surface area contributed by atoms with Gasteiger partial charge in [0.05, 0.1) is 0 Å². The van der Waals surface area contributed by atoms with Gasteiger partial charge in [0.2, 0.25) is 0 Å². The van der Waals surface area contributed by atoms with Gasteiger partial charge in [0.25, 0.3) is 0 Å². The predicted molar refractivity (Wildman–Crippen MR) is 66.4 cm³/mol. The van der Waals surface area contributed by atoms with Crippen LogP contribution in [0.4, 0.5) is 0 Å². The highest BCUT2D eigenvalue weighted by molar-refractivity contribution is 7.99. The summed E-state index contributed by atoms with van der Waals surface area (Å²) >= 11 is 3.28. The Labute approximate surface area is 95.6 Å². The van der Waals surface area contributed by atoms with Crippen LogP contribution in [-0.4, -0.2) is 23.4 Å². The SMILES string of the molecule is CCCSCO[PH](=O)OCSCCC. The molecule has 14 heavy (non-hydrogen) atoms. The number of hydrogen-bond acceptors (Lipinski definition) is 5. The van der Waals surface area contributed by atoms with Gasteiger partial charge < -0.3 is 0 Å². The largest absolute Gasteiger partial charge is 0.320 e. The molecule has 0 N–H and O–H groups in total. The third kappa shape index (κ3) is 10.9. The van der Waals surface area contributed by atoms with Crippen LogP contribution in [-0.2, 0) is 13.6 Å². The molecule has 0 aromatic rings. The van der Waals surface area contributed by atoms with E-state index in [0.717, 1.165) is 24.3 Å². The van der Waals surface area contributed by atoms with Crippen molar-refractivity contribution in [2.24, 2.45) is 0 Å².